The van der Waals surface area contributed by atoms with Crippen molar-refractivity contribution in [1.29, 1.82) is 0 Å². The van der Waals surface area contributed by atoms with Crippen molar-refractivity contribution in [3.05, 3.63) is 47.0 Å². The summed E-state index contributed by atoms with van der Waals surface area (Å²) >= 11 is 0. The second-order valence-electron chi connectivity index (χ2n) is 11.5. The van der Waals surface area contributed by atoms with Gasteiger partial charge in [-0.05, 0) is 71.8 Å². The lowest BCUT2D eigenvalue weighted by molar-refractivity contribution is -0.159. The summed E-state index contributed by atoms with van der Waals surface area (Å²) in [5, 5.41) is 0. The first-order valence-corrected chi connectivity index (χ1v) is 11.8. The van der Waals surface area contributed by atoms with Gasteiger partial charge in [-0.2, -0.15) is 0 Å². The van der Waals surface area contributed by atoms with E-state index in [1.165, 1.54) is 0 Å². The zero-order chi connectivity index (χ0) is 24.1. The maximum atomic E-state index is 13.1. The van der Waals surface area contributed by atoms with Crippen LogP contribution in [0.4, 0.5) is 0 Å². The van der Waals surface area contributed by atoms with Gasteiger partial charge in [-0.25, -0.2) is 9.59 Å². The first-order chi connectivity index (χ1) is 15.4. The van der Waals surface area contributed by atoms with E-state index in [2.05, 4.69) is 0 Å². The molecule has 0 aromatic heterocycles. The van der Waals surface area contributed by atoms with Crippen molar-refractivity contribution >= 4 is 17.9 Å². The van der Waals surface area contributed by atoms with Gasteiger partial charge >= 0.3 is 17.9 Å². The summed E-state index contributed by atoms with van der Waals surface area (Å²) in [6, 6.07) is 9.59. The zero-order valence-corrected chi connectivity index (χ0v) is 20.3. The smallest absolute Gasteiger partial charge is 0.335 e. The highest BCUT2D eigenvalue weighted by Gasteiger charge is 2.65. The largest absolute Gasteiger partial charge is 0.461 e. The van der Waals surface area contributed by atoms with Gasteiger partial charge in [0.15, 0.2) is 0 Å². The number of rotatable bonds is 5. The molecular formula is C27H34O6. The summed E-state index contributed by atoms with van der Waals surface area (Å²) in [6.45, 7) is 11.1. The molecule has 5 atom stereocenters. The monoisotopic (exact) mass is 454 g/mol. The lowest BCUT2D eigenvalue weighted by Gasteiger charge is -2.45. The number of esters is 3. The molecule has 0 spiro atoms. The summed E-state index contributed by atoms with van der Waals surface area (Å²) in [7, 11) is 0. The molecule has 6 heteroatoms. The summed E-state index contributed by atoms with van der Waals surface area (Å²) in [5.41, 5.74) is 0.456. The van der Waals surface area contributed by atoms with Crippen LogP contribution in [0.1, 0.15) is 59.9 Å². The molecule has 0 saturated heterocycles. The van der Waals surface area contributed by atoms with Crippen molar-refractivity contribution < 1.29 is 28.6 Å². The number of fused-ring (bicyclic) bond motifs is 5. The highest BCUT2D eigenvalue weighted by molar-refractivity contribution is 6.05. The van der Waals surface area contributed by atoms with Crippen molar-refractivity contribution in [3.63, 3.8) is 0 Å². The summed E-state index contributed by atoms with van der Waals surface area (Å²) < 4.78 is 16.9. The van der Waals surface area contributed by atoms with Crippen LogP contribution in [-0.2, 0) is 35.2 Å². The predicted molar refractivity (Wildman–Crippen MR) is 122 cm³/mol. The molecule has 0 heterocycles. The van der Waals surface area contributed by atoms with E-state index in [0.29, 0.717) is 17.6 Å². The molecule has 0 N–H and O–H groups in total. The van der Waals surface area contributed by atoms with Crippen LogP contribution >= 0.6 is 0 Å². The van der Waals surface area contributed by atoms with Crippen LogP contribution in [0, 0.1) is 29.6 Å². The molecule has 1 aromatic rings. The second kappa shape index (κ2) is 8.30. The van der Waals surface area contributed by atoms with Crippen molar-refractivity contribution in [1.82, 2.24) is 0 Å². The fourth-order valence-electron chi connectivity index (χ4n) is 5.70. The maximum absolute atomic E-state index is 13.1. The minimum Gasteiger partial charge on any atom is -0.461 e. The lowest BCUT2D eigenvalue weighted by atomic mass is 9.58. The van der Waals surface area contributed by atoms with Crippen molar-refractivity contribution in [3.8, 4) is 0 Å². The molecule has 0 radical (unpaired) electrons. The molecule has 4 rings (SSSR count). The van der Waals surface area contributed by atoms with Gasteiger partial charge in [0.25, 0.3) is 0 Å². The van der Waals surface area contributed by atoms with Gasteiger partial charge in [0, 0.05) is 11.8 Å². The van der Waals surface area contributed by atoms with E-state index in [0.717, 1.165) is 12.0 Å². The van der Waals surface area contributed by atoms with Gasteiger partial charge in [-0.3, -0.25) is 4.79 Å². The van der Waals surface area contributed by atoms with Crippen LogP contribution < -0.4 is 0 Å². The first-order valence-electron chi connectivity index (χ1n) is 11.8. The second-order valence-corrected chi connectivity index (χ2v) is 11.5. The predicted octanol–water partition coefficient (Wildman–Crippen LogP) is 4.61. The third-order valence-corrected chi connectivity index (χ3v) is 6.73. The molecule has 1 aromatic carbocycles. The van der Waals surface area contributed by atoms with Crippen LogP contribution in [0.15, 0.2) is 41.5 Å². The van der Waals surface area contributed by atoms with Gasteiger partial charge in [-0.15, -0.1) is 0 Å². The van der Waals surface area contributed by atoms with Crippen LogP contribution in [0.5, 0.6) is 0 Å². The average molecular weight is 455 g/mol. The van der Waals surface area contributed by atoms with Gasteiger partial charge in [0.2, 0.25) is 0 Å². The quantitative estimate of drug-likeness (QED) is 0.477. The summed E-state index contributed by atoms with van der Waals surface area (Å²) in [6.07, 6.45) is 1.48. The minimum absolute atomic E-state index is 0.0167. The minimum atomic E-state index is -0.681. The Morgan fingerprint density at radius 2 is 1.36 bits per heavy atom. The highest BCUT2D eigenvalue weighted by Crippen LogP contribution is 2.66. The number of benzene rings is 1. The van der Waals surface area contributed by atoms with E-state index in [1.807, 2.05) is 51.1 Å². The number of carbonyl (C=O) groups excluding carboxylic acids is 3. The third-order valence-electron chi connectivity index (χ3n) is 6.73. The number of hydrogen-bond acceptors (Lipinski definition) is 6. The molecule has 2 bridgehead atoms. The molecular weight excluding hydrogens is 420 g/mol. The fourth-order valence-corrected chi connectivity index (χ4v) is 5.70. The van der Waals surface area contributed by atoms with E-state index < -0.39 is 23.1 Å². The molecule has 2 fully saturated rings. The molecule has 0 aliphatic heterocycles. The van der Waals surface area contributed by atoms with E-state index in [-0.39, 0.29) is 42.2 Å². The third kappa shape index (κ3) is 4.71. The van der Waals surface area contributed by atoms with E-state index in [9.17, 15) is 14.4 Å². The highest BCUT2D eigenvalue weighted by atomic mass is 16.6. The van der Waals surface area contributed by atoms with Crippen molar-refractivity contribution in [2.24, 2.45) is 29.6 Å². The SMILES string of the molecule is CC(C)(C)OC(=O)C1=C(C(=O)OC(C)(C)C)[C@H]2[C@H]3C[C@@H]([C@@H]12)[C@@H](C(=O)OCc1ccccc1)C3. The van der Waals surface area contributed by atoms with Gasteiger partial charge in [0.05, 0.1) is 17.1 Å². The molecule has 3 aliphatic rings. The van der Waals surface area contributed by atoms with Crippen LogP contribution in [0.2, 0.25) is 0 Å². The molecule has 33 heavy (non-hydrogen) atoms. The normalized spacial score (nSPS) is 28.1. The maximum Gasteiger partial charge on any atom is 0.335 e. The van der Waals surface area contributed by atoms with Crippen LogP contribution in [0.3, 0.4) is 0 Å². The Morgan fingerprint density at radius 3 is 1.91 bits per heavy atom. The van der Waals surface area contributed by atoms with Gasteiger partial charge in [-0.1, -0.05) is 30.3 Å². The van der Waals surface area contributed by atoms with Gasteiger partial charge < -0.3 is 14.2 Å². The Morgan fingerprint density at radius 1 is 0.818 bits per heavy atom. The van der Waals surface area contributed by atoms with Crippen molar-refractivity contribution in [2.75, 3.05) is 0 Å². The van der Waals surface area contributed by atoms with Gasteiger partial charge in [0.1, 0.15) is 17.8 Å². The Hall–Kier alpha value is -2.63. The van der Waals surface area contributed by atoms with Crippen LogP contribution in [0.25, 0.3) is 0 Å². The number of ether oxygens (including phenoxy) is 3. The molecule has 0 amide bonds. The molecule has 2 saturated carbocycles. The molecule has 3 aliphatic carbocycles. The zero-order valence-electron chi connectivity index (χ0n) is 20.3. The lowest BCUT2D eigenvalue weighted by Crippen LogP contribution is -2.48. The number of hydrogen-bond donors (Lipinski definition) is 0. The van der Waals surface area contributed by atoms with E-state index in [4.69, 9.17) is 14.2 Å². The summed E-state index contributed by atoms with van der Waals surface area (Å²) in [4.78, 5) is 39.1. The molecule has 0 unspecified atom stereocenters. The Labute approximate surface area is 195 Å². The molecule has 178 valence electrons. The van der Waals surface area contributed by atoms with Crippen molar-refractivity contribution in [2.45, 2.75) is 72.2 Å². The topological polar surface area (TPSA) is 78.9 Å². The van der Waals surface area contributed by atoms with E-state index in [1.54, 1.807) is 20.8 Å². The Balaban J connectivity index is 1.55. The Bertz CT molecular complexity index is 978. The average Bonchev–Trinajstić information content (AvgIpc) is 3.19. The molecule has 6 nitrogen and oxygen atoms in total. The standard InChI is InChI=1S/C27H34O6/c1-26(2,3)32-24(29)21-19-16-12-17(20(19)22(21)25(30)33-27(4,5)6)18(13-16)23(28)31-14-15-10-8-7-9-11-15/h7-11,16-20H,12-14H2,1-6H3/t16-,17+,18-,19-,20+/m0/s1. The van der Waals surface area contributed by atoms with Crippen LogP contribution in [-0.4, -0.2) is 29.1 Å². The Kier molecular flexibility index (Phi) is 5.92. The number of carbonyl (C=O) groups is 3. The fraction of sp³-hybridized carbons (Fsp3) is 0.593. The summed E-state index contributed by atoms with van der Waals surface area (Å²) in [5.74, 6) is -1.47. The van der Waals surface area contributed by atoms with E-state index >= 15 is 0 Å². The first kappa shape index (κ1) is 23.5.